The third-order valence-corrected chi connectivity index (χ3v) is 2.44. The summed E-state index contributed by atoms with van der Waals surface area (Å²) < 4.78 is 17.4. The van der Waals surface area contributed by atoms with E-state index in [0.29, 0.717) is 12.3 Å². The Balaban J connectivity index is 2.75. The maximum atomic E-state index is 12.7. The number of rotatable bonds is 5. The Kier molecular flexibility index (Phi) is 5.49. The Hall–Kier alpha value is -1.71. The molecule has 0 fully saturated rings. The molecule has 0 aliphatic carbocycles. The third-order valence-electron chi connectivity index (χ3n) is 2.44. The van der Waals surface area contributed by atoms with Crippen molar-refractivity contribution in [2.75, 3.05) is 7.11 Å². The van der Waals surface area contributed by atoms with Crippen molar-refractivity contribution in [1.82, 2.24) is 0 Å². The maximum absolute atomic E-state index is 12.7. The Labute approximate surface area is 107 Å². The summed E-state index contributed by atoms with van der Waals surface area (Å²) in [5.41, 5.74) is 0.758. The van der Waals surface area contributed by atoms with Gasteiger partial charge in [-0.3, -0.25) is 4.99 Å². The average molecular weight is 251 g/mol. The van der Waals surface area contributed by atoms with Gasteiger partial charge in [-0.2, -0.15) is 0 Å². The SMILES string of the molecule is COC(=O)[C@@H](CC(C)C)N=Cc1ccc(F)cc1. The van der Waals surface area contributed by atoms with E-state index < -0.39 is 6.04 Å². The minimum atomic E-state index is -0.500. The molecule has 0 amide bonds. The number of ether oxygens (including phenoxy) is 1. The second-order valence-corrected chi connectivity index (χ2v) is 4.50. The predicted molar refractivity (Wildman–Crippen MR) is 69.3 cm³/mol. The first-order chi connectivity index (χ1) is 8.52. The average Bonchev–Trinajstić information content (AvgIpc) is 2.35. The zero-order valence-electron chi connectivity index (χ0n) is 10.9. The van der Waals surface area contributed by atoms with Gasteiger partial charge >= 0.3 is 5.97 Å². The van der Waals surface area contributed by atoms with Crippen LogP contribution in [0.15, 0.2) is 29.3 Å². The molecule has 1 aromatic rings. The van der Waals surface area contributed by atoms with Gasteiger partial charge in [-0.25, -0.2) is 9.18 Å². The molecule has 0 radical (unpaired) electrons. The van der Waals surface area contributed by atoms with Crippen molar-refractivity contribution in [3.05, 3.63) is 35.6 Å². The van der Waals surface area contributed by atoms with Crippen LogP contribution >= 0.6 is 0 Å². The van der Waals surface area contributed by atoms with Crippen LogP contribution < -0.4 is 0 Å². The van der Waals surface area contributed by atoms with Crippen molar-refractivity contribution in [1.29, 1.82) is 0 Å². The summed E-state index contributed by atoms with van der Waals surface area (Å²) in [4.78, 5) is 15.7. The van der Waals surface area contributed by atoms with Gasteiger partial charge in [0.25, 0.3) is 0 Å². The van der Waals surface area contributed by atoms with Crippen molar-refractivity contribution in [2.24, 2.45) is 10.9 Å². The minimum absolute atomic E-state index is 0.293. The number of hydrogen-bond acceptors (Lipinski definition) is 3. The molecule has 0 bridgehead atoms. The zero-order valence-corrected chi connectivity index (χ0v) is 10.9. The summed E-state index contributed by atoms with van der Waals surface area (Å²) in [6.07, 6.45) is 2.20. The highest BCUT2D eigenvalue weighted by Crippen LogP contribution is 2.10. The topological polar surface area (TPSA) is 38.7 Å². The highest BCUT2D eigenvalue weighted by atomic mass is 19.1. The molecule has 1 atom stereocenters. The van der Waals surface area contributed by atoms with Crippen LogP contribution in [-0.2, 0) is 9.53 Å². The molecular weight excluding hydrogens is 233 g/mol. The molecule has 1 aromatic carbocycles. The number of hydrogen-bond donors (Lipinski definition) is 0. The van der Waals surface area contributed by atoms with E-state index in [1.165, 1.54) is 19.2 Å². The predicted octanol–water partition coefficient (Wildman–Crippen LogP) is 2.83. The normalized spacial score (nSPS) is 12.9. The van der Waals surface area contributed by atoms with Crippen molar-refractivity contribution < 1.29 is 13.9 Å². The summed E-state index contributed by atoms with van der Waals surface area (Å²) in [5.74, 6) is -0.291. The summed E-state index contributed by atoms with van der Waals surface area (Å²) in [7, 11) is 1.35. The summed E-state index contributed by atoms with van der Waals surface area (Å²) in [6.45, 7) is 4.03. The Morgan fingerprint density at radius 2 is 2.00 bits per heavy atom. The molecule has 0 unspecified atom stereocenters. The van der Waals surface area contributed by atoms with Crippen molar-refractivity contribution in [3.8, 4) is 0 Å². The molecule has 4 heteroatoms. The molecule has 0 aliphatic heterocycles. The van der Waals surface area contributed by atoms with E-state index in [1.54, 1.807) is 18.3 Å². The number of halogens is 1. The number of methoxy groups -OCH3 is 1. The largest absolute Gasteiger partial charge is 0.467 e. The molecule has 0 N–H and O–H groups in total. The van der Waals surface area contributed by atoms with E-state index in [2.05, 4.69) is 4.99 Å². The van der Waals surface area contributed by atoms with Gasteiger partial charge < -0.3 is 4.74 Å². The van der Waals surface area contributed by atoms with Gasteiger partial charge in [-0.15, -0.1) is 0 Å². The van der Waals surface area contributed by atoms with E-state index in [4.69, 9.17) is 4.74 Å². The lowest BCUT2D eigenvalue weighted by Crippen LogP contribution is -2.22. The second kappa shape index (κ2) is 6.89. The summed E-state index contributed by atoms with van der Waals surface area (Å²) in [6, 6.07) is 5.44. The van der Waals surface area contributed by atoms with Crippen LogP contribution in [0.2, 0.25) is 0 Å². The van der Waals surface area contributed by atoms with Crippen molar-refractivity contribution in [2.45, 2.75) is 26.3 Å². The molecule has 0 aliphatic rings. The minimum Gasteiger partial charge on any atom is -0.467 e. The standard InChI is InChI=1S/C14H18FNO2/c1-10(2)8-13(14(17)18-3)16-9-11-4-6-12(15)7-5-11/h4-7,9-10,13H,8H2,1-3H3/t13-/m1/s1. The molecule has 3 nitrogen and oxygen atoms in total. The maximum Gasteiger partial charge on any atom is 0.330 e. The van der Waals surface area contributed by atoms with Gasteiger partial charge in [0.05, 0.1) is 7.11 Å². The second-order valence-electron chi connectivity index (χ2n) is 4.50. The number of esters is 1. The molecule has 0 aromatic heterocycles. The van der Waals surface area contributed by atoms with Gasteiger partial charge in [0.15, 0.2) is 0 Å². The number of nitrogens with zero attached hydrogens (tertiary/aromatic N) is 1. The molecule has 0 heterocycles. The zero-order chi connectivity index (χ0) is 13.5. The quantitative estimate of drug-likeness (QED) is 0.596. The molecular formula is C14H18FNO2. The summed E-state index contributed by atoms with van der Waals surface area (Å²) in [5, 5.41) is 0. The fourth-order valence-corrected chi connectivity index (χ4v) is 1.53. The molecule has 0 saturated heterocycles. The van der Waals surface area contributed by atoms with Crippen LogP contribution in [0.3, 0.4) is 0 Å². The van der Waals surface area contributed by atoms with E-state index in [1.807, 2.05) is 13.8 Å². The fourth-order valence-electron chi connectivity index (χ4n) is 1.53. The van der Waals surface area contributed by atoms with E-state index >= 15 is 0 Å². The van der Waals surface area contributed by atoms with Crippen LogP contribution in [-0.4, -0.2) is 25.3 Å². The van der Waals surface area contributed by atoms with Gasteiger partial charge in [-0.05, 0) is 30.0 Å². The lowest BCUT2D eigenvalue weighted by molar-refractivity contribution is -0.142. The molecule has 0 spiro atoms. The van der Waals surface area contributed by atoms with Gasteiger partial charge in [0.2, 0.25) is 0 Å². The van der Waals surface area contributed by atoms with Crippen LogP contribution in [0, 0.1) is 11.7 Å². The number of carbonyl (C=O) groups excluding carboxylic acids is 1. The fraction of sp³-hybridized carbons (Fsp3) is 0.429. The van der Waals surface area contributed by atoms with Crippen LogP contribution in [0.4, 0.5) is 4.39 Å². The smallest absolute Gasteiger partial charge is 0.330 e. The van der Waals surface area contributed by atoms with Gasteiger partial charge in [0.1, 0.15) is 11.9 Å². The Morgan fingerprint density at radius 1 is 1.39 bits per heavy atom. The summed E-state index contributed by atoms with van der Waals surface area (Å²) >= 11 is 0. The van der Waals surface area contributed by atoms with Crippen LogP contribution in [0.1, 0.15) is 25.8 Å². The first-order valence-electron chi connectivity index (χ1n) is 5.89. The van der Waals surface area contributed by atoms with Crippen LogP contribution in [0.5, 0.6) is 0 Å². The highest BCUT2D eigenvalue weighted by molar-refractivity contribution is 5.83. The molecule has 0 saturated carbocycles. The third kappa shape index (κ3) is 4.65. The first kappa shape index (κ1) is 14.4. The highest BCUT2D eigenvalue weighted by Gasteiger charge is 2.18. The van der Waals surface area contributed by atoms with Gasteiger partial charge in [-0.1, -0.05) is 26.0 Å². The number of carbonyl (C=O) groups is 1. The van der Waals surface area contributed by atoms with Crippen molar-refractivity contribution >= 4 is 12.2 Å². The number of aliphatic imine (C=N–C) groups is 1. The van der Waals surface area contributed by atoms with Crippen LogP contribution in [0.25, 0.3) is 0 Å². The lowest BCUT2D eigenvalue weighted by atomic mass is 10.0. The van der Waals surface area contributed by atoms with E-state index in [-0.39, 0.29) is 11.8 Å². The van der Waals surface area contributed by atoms with E-state index in [9.17, 15) is 9.18 Å². The van der Waals surface area contributed by atoms with Gasteiger partial charge in [0, 0.05) is 6.21 Å². The monoisotopic (exact) mass is 251 g/mol. The Morgan fingerprint density at radius 3 is 2.50 bits per heavy atom. The lowest BCUT2D eigenvalue weighted by Gasteiger charge is -2.12. The molecule has 98 valence electrons. The molecule has 18 heavy (non-hydrogen) atoms. The first-order valence-corrected chi connectivity index (χ1v) is 5.89. The van der Waals surface area contributed by atoms with Crippen molar-refractivity contribution in [3.63, 3.8) is 0 Å². The molecule has 1 rings (SSSR count). The number of benzene rings is 1. The Bertz CT molecular complexity index is 412. The van der Waals surface area contributed by atoms with E-state index in [0.717, 1.165) is 5.56 Å².